The van der Waals surface area contributed by atoms with Gasteiger partial charge in [-0.1, -0.05) is 55.0 Å². The molecule has 0 saturated carbocycles. The van der Waals surface area contributed by atoms with Crippen molar-refractivity contribution in [2.24, 2.45) is 5.73 Å². The SMILES string of the molecule is CCC(C)N(C(=O)C(CC(N)=O)NC(=O)OC(C)(C)C)C(C(=O)Nc1c(C)cccc1C)c1cccc(C)c1. The number of primary amides is 1. The number of hydrogen-bond donors (Lipinski definition) is 3. The number of anilines is 1. The minimum absolute atomic E-state index is 0.415. The fourth-order valence-corrected chi connectivity index (χ4v) is 4.31. The minimum Gasteiger partial charge on any atom is -0.444 e. The number of rotatable bonds is 10. The van der Waals surface area contributed by atoms with Crippen LogP contribution in [0.2, 0.25) is 0 Å². The zero-order valence-electron chi connectivity index (χ0n) is 24.3. The van der Waals surface area contributed by atoms with Gasteiger partial charge in [0.25, 0.3) is 5.91 Å². The van der Waals surface area contributed by atoms with Gasteiger partial charge in [-0.15, -0.1) is 0 Å². The monoisotopic (exact) mass is 538 g/mol. The lowest BCUT2D eigenvalue weighted by molar-refractivity contribution is -0.144. The van der Waals surface area contributed by atoms with Crippen LogP contribution in [-0.4, -0.2) is 46.4 Å². The standard InChI is InChI=1S/C30H42N4O5/c1-9-21(5)34(28(37)23(17-24(31)35)32-29(38)39-30(6,7)8)26(22-15-10-12-18(2)16-22)27(36)33-25-19(3)13-11-14-20(25)4/h10-16,21,23,26H,9,17H2,1-8H3,(H2,31,35)(H,32,38)(H,33,36). The minimum atomic E-state index is -1.33. The normalized spacial score (nSPS) is 13.5. The number of para-hydroxylation sites is 1. The first-order valence-corrected chi connectivity index (χ1v) is 13.2. The molecule has 0 aliphatic rings. The topological polar surface area (TPSA) is 131 Å². The van der Waals surface area contributed by atoms with Gasteiger partial charge in [0.15, 0.2) is 0 Å². The molecule has 4 amide bonds. The second kappa shape index (κ2) is 13.3. The third-order valence-corrected chi connectivity index (χ3v) is 6.33. The van der Waals surface area contributed by atoms with Crippen molar-refractivity contribution in [2.45, 2.75) is 92.0 Å². The molecule has 9 nitrogen and oxygen atoms in total. The van der Waals surface area contributed by atoms with E-state index in [1.54, 1.807) is 26.8 Å². The van der Waals surface area contributed by atoms with Crippen molar-refractivity contribution in [3.05, 3.63) is 64.7 Å². The molecule has 9 heteroatoms. The van der Waals surface area contributed by atoms with Crippen LogP contribution in [0.25, 0.3) is 0 Å². The largest absolute Gasteiger partial charge is 0.444 e. The van der Waals surface area contributed by atoms with Crippen LogP contribution >= 0.6 is 0 Å². The van der Waals surface area contributed by atoms with Crippen LogP contribution in [0.5, 0.6) is 0 Å². The molecule has 212 valence electrons. The van der Waals surface area contributed by atoms with E-state index < -0.39 is 54.0 Å². The number of benzene rings is 2. The molecule has 2 aromatic rings. The molecule has 0 fully saturated rings. The van der Waals surface area contributed by atoms with E-state index in [2.05, 4.69) is 10.6 Å². The number of amides is 4. The number of ether oxygens (including phenoxy) is 1. The predicted octanol–water partition coefficient (Wildman–Crippen LogP) is 4.69. The lowest BCUT2D eigenvalue weighted by Gasteiger charge is -2.38. The van der Waals surface area contributed by atoms with E-state index in [0.717, 1.165) is 16.7 Å². The molecule has 0 aliphatic heterocycles. The summed E-state index contributed by atoms with van der Waals surface area (Å²) >= 11 is 0. The summed E-state index contributed by atoms with van der Waals surface area (Å²) in [4.78, 5) is 54.2. The predicted molar refractivity (Wildman–Crippen MR) is 152 cm³/mol. The summed E-state index contributed by atoms with van der Waals surface area (Å²) in [5.41, 5.74) is 8.58. The van der Waals surface area contributed by atoms with Gasteiger partial charge in [0.1, 0.15) is 17.7 Å². The Labute approximate surface area is 231 Å². The van der Waals surface area contributed by atoms with Crippen LogP contribution in [-0.2, 0) is 19.1 Å². The van der Waals surface area contributed by atoms with Crippen LogP contribution in [0, 0.1) is 20.8 Å². The zero-order chi connectivity index (χ0) is 29.5. The van der Waals surface area contributed by atoms with E-state index in [9.17, 15) is 19.2 Å². The third kappa shape index (κ3) is 8.84. The Kier molecular flexibility index (Phi) is 10.7. The Morgan fingerprint density at radius 1 is 1.00 bits per heavy atom. The highest BCUT2D eigenvalue weighted by Crippen LogP contribution is 2.30. The zero-order valence-corrected chi connectivity index (χ0v) is 24.3. The smallest absolute Gasteiger partial charge is 0.408 e. The van der Waals surface area contributed by atoms with Crippen molar-refractivity contribution in [3.8, 4) is 0 Å². The fourth-order valence-electron chi connectivity index (χ4n) is 4.31. The van der Waals surface area contributed by atoms with E-state index in [0.29, 0.717) is 17.7 Å². The highest BCUT2D eigenvalue weighted by Gasteiger charge is 2.39. The van der Waals surface area contributed by atoms with Crippen LogP contribution in [0.1, 0.15) is 75.8 Å². The Morgan fingerprint density at radius 3 is 2.10 bits per heavy atom. The first-order valence-electron chi connectivity index (χ1n) is 13.2. The molecule has 0 heterocycles. The molecule has 3 unspecified atom stereocenters. The lowest BCUT2D eigenvalue weighted by Crippen LogP contribution is -2.55. The number of carbonyl (C=O) groups is 4. The van der Waals surface area contributed by atoms with Crippen molar-refractivity contribution in [2.75, 3.05) is 5.32 Å². The van der Waals surface area contributed by atoms with E-state index in [1.165, 1.54) is 4.90 Å². The highest BCUT2D eigenvalue weighted by atomic mass is 16.6. The molecule has 4 N–H and O–H groups in total. The van der Waals surface area contributed by atoms with Crippen molar-refractivity contribution >= 4 is 29.5 Å². The van der Waals surface area contributed by atoms with Gasteiger partial charge in [-0.25, -0.2) is 4.79 Å². The number of hydrogen-bond acceptors (Lipinski definition) is 5. The molecule has 0 spiro atoms. The van der Waals surface area contributed by atoms with E-state index >= 15 is 0 Å². The number of alkyl carbamates (subject to hydrolysis) is 1. The molecule has 0 bridgehead atoms. The average molecular weight is 539 g/mol. The van der Waals surface area contributed by atoms with Gasteiger partial charge in [-0.3, -0.25) is 14.4 Å². The molecule has 0 aromatic heterocycles. The quantitative estimate of drug-likeness (QED) is 0.404. The Bertz CT molecular complexity index is 1180. The van der Waals surface area contributed by atoms with Crippen LogP contribution < -0.4 is 16.4 Å². The molecule has 0 aliphatic carbocycles. The summed E-state index contributed by atoms with van der Waals surface area (Å²) in [6.45, 7) is 14.5. The fraction of sp³-hybridized carbons (Fsp3) is 0.467. The summed E-state index contributed by atoms with van der Waals surface area (Å²) in [5, 5.41) is 5.53. The average Bonchev–Trinajstić information content (AvgIpc) is 2.82. The van der Waals surface area contributed by atoms with Crippen molar-refractivity contribution in [1.82, 2.24) is 10.2 Å². The Balaban J connectivity index is 2.62. The highest BCUT2D eigenvalue weighted by molar-refractivity contribution is 6.00. The lowest BCUT2D eigenvalue weighted by atomic mass is 9.97. The van der Waals surface area contributed by atoms with Gasteiger partial charge in [-0.2, -0.15) is 0 Å². The van der Waals surface area contributed by atoms with Crippen molar-refractivity contribution < 1.29 is 23.9 Å². The maximum absolute atomic E-state index is 14.1. The number of nitrogens with two attached hydrogens (primary N) is 1. The Hall–Kier alpha value is -3.88. The van der Waals surface area contributed by atoms with Crippen LogP contribution in [0.3, 0.4) is 0 Å². The first-order chi connectivity index (χ1) is 18.1. The number of nitrogens with zero attached hydrogens (tertiary/aromatic N) is 1. The molecule has 0 saturated heterocycles. The summed E-state index contributed by atoms with van der Waals surface area (Å²) in [7, 11) is 0. The number of carbonyl (C=O) groups excluding carboxylic acids is 4. The van der Waals surface area contributed by atoms with Crippen LogP contribution in [0.15, 0.2) is 42.5 Å². The maximum atomic E-state index is 14.1. The summed E-state index contributed by atoms with van der Waals surface area (Å²) in [6.07, 6.45) is -0.803. The van der Waals surface area contributed by atoms with E-state index in [-0.39, 0.29) is 0 Å². The summed E-state index contributed by atoms with van der Waals surface area (Å²) in [5.74, 6) is -1.81. The van der Waals surface area contributed by atoms with Crippen molar-refractivity contribution in [1.29, 1.82) is 0 Å². The molecule has 2 aromatic carbocycles. The second-order valence-corrected chi connectivity index (χ2v) is 10.9. The van der Waals surface area contributed by atoms with Gasteiger partial charge < -0.3 is 26.0 Å². The van der Waals surface area contributed by atoms with Crippen molar-refractivity contribution in [3.63, 3.8) is 0 Å². The van der Waals surface area contributed by atoms with E-state index in [4.69, 9.17) is 10.5 Å². The summed E-state index contributed by atoms with van der Waals surface area (Å²) in [6, 6.07) is 10.3. The molecule has 0 radical (unpaired) electrons. The maximum Gasteiger partial charge on any atom is 0.408 e. The van der Waals surface area contributed by atoms with Crippen LogP contribution in [0.4, 0.5) is 10.5 Å². The van der Waals surface area contributed by atoms with Gasteiger partial charge >= 0.3 is 6.09 Å². The van der Waals surface area contributed by atoms with Gasteiger partial charge in [0.05, 0.1) is 6.42 Å². The molecule has 39 heavy (non-hydrogen) atoms. The third-order valence-electron chi connectivity index (χ3n) is 6.33. The first kappa shape index (κ1) is 31.3. The van der Waals surface area contributed by atoms with Gasteiger partial charge in [-0.05, 0) is 71.6 Å². The van der Waals surface area contributed by atoms with E-state index in [1.807, 2.05) is 71.0 Å². The van der Waals surface area contributed by atoms with Gasteiger partial charge in [0, 0.05) is 11.7 Å². The molecular weight excluding hydrogens is 496 g/mol. The van der Waals surface area contributed by atoms with Gasteiger partial charge in [0.2, 0.25) is 11.8 Å². The summed E-state index contributed by atoms with van der Waals surface area (Å²) < 4.78 is 5.33. The molecular formula is C30H42N4O5. The number of nitrogens with one attached hydrogen (secondary N) is 2. The Morgan fingerprint density at radius 2 is 1.59 bits per heavy atom. The molecule has 3 atom stereocenters. The number of aryl methyl sites for hydroxylation is 3. The second-order valence-electron chi connectivity index (χ2n) is 10.9. The molecule has 2 rings (SSSR count).